The molecular formula is C18H23Cl2N3OS. The SMILES string of the molecule is Cl.Cl.NC1(C(=O)Nc2ccc(SCc3cccnc3)cc2)CCCC1. The summed E-state index contributed by atoms with van der Waals surface area (Å²) >= 11 is 1.75. The second-order valence-electron chi connectivity index (χ2n) is 5.99. The third-order valence-corrected chi connectivity index (χ3v) is 5.27. The predicted octanol–water partition coefficient (Wildman–Crippen LogP) is 4.43. The van der Waals surface area contributed by atoms with Gasteiger partial charge < -0.3 is 11.1 Å². The number of nitrogens with two attached hydrogens (primary N) is 1. The molecule has 0 radical (unpaired) electrons. The van der Waals surface area contributed by atoms with Crippen molar-refractivity contribution in [3.8, 4) is 0 Å². The number of amides is 1. The lowest BCUT2D eigenvalue weighted by atomic mass is 9.98. The average Bonchev–Trinajstić information content (AvgIpc) is 3.03. The Morgan fingerprint density at radius 3 is 2.44 bits per heavy atom. The van der Waals surface area contributed by atoms with Crippen molar-refractivity contribution in [2.75, 3.05) is 5.32 Å². The smallest absolute Gasteiger partial charge is 0.244 e. The van der Waals surface area contributed by atoms with E-state index in [9.17, 15) is 4.79 Å². The van der Waals surface area contributed by atoms with E-state index in [4.69, 9.17) is 5.73 Å². The number of hydrogen-bond acceptors (Lipinski definition) is 4. The van der Waals surface area contributed by atoms with Gasteiger partial charge in [-0.25, -0.2) is 0 Å². The van der Waals surface area contributed by atoms with E-state index in [1.165, 1.54) is 5.56 Å². The van der Waals surface area contributed by atoms with Crippen LogP contribution in [0.2, 0.25) is 0 Å². The van der Waals surface area contributed by atoms with Crippen molar-refractivity contribution >= 4 is 48.2 Å². The molecule has 0 atom stereocenters. The number of anilines is 1. The molecular weight excluding hydrogens is 377 g/mol. The average molecular weight is 400 g/mol. The summed E-state index contributed by atoms with van der Waals surface area (Å²) in [6.45, 7) is 0. The number of hydrogen-bond donors (Lipinski definition) is 2. The molecule has 3 rings (SSSR count). The Labute approximate surface area is 165 Å². The second kappa shape index (κ2) is 10.0. The van der Waals surface area contributed by atoms with E-state index < -0.39 is 5.54 Å². The van der Waals surface area contributed by atoms with Crippen molar-refractivity contribution in [2.24, 2.45) is 5.73 Å². The minimum atomic E-state index is -0.687. The van der Waals surface area contributed by atoms with Gasteiger partial charge in [0.2, 0.25) is 5.91 Å². The van der Waals surface area contributed by atoms with Crippen LogP contribution in [0.1, 0.15) is 31.2 Å². The van der Waals surface area contributed by atoms with Crippen molar-refractivity contribution in [3.63, 3.8) is 0 Å². The van der Waals surface area contributed by atoms with E-state index in [2.05, 4.69) is 16.4 Å². The highest BCUT2D eigenvalue weighted by molar-refractivity contribution is 7.98. The summed E-state index contributed by atoms with van der Waals surface area (Å²) in [6.07, 6.45) is 7.28. The summed E-state index contributed by atoms with van der Waals surface area (Å²) in [5.74, 6) is 0.816. The molecule has 1 aromatic carbocycles. The molecule has 1 fully saturated rings. The normalized spacial score (nSPS) is 14.9. The number of rotatable bonds is 5. The van der Waals surface area contributed by atoms with Crippen LogP contribution in [0.25, 0.3) is 0 Å². The number of aromatic nitrogens is 1. The molecule has 1 amide bonds. The second-order valence-corrected chi connectivity index (χ2v) is 7.04. The van der Waals surface area contributed by atoms with E-state index in [1.54, 1.807) is 18.0 Å². The molecule has 0 spiro atoms. The Morgan fingerprint density at radius 1 is 1.16 bits per heavy atom. The number of thioether (sulfide) groups is 1. The first-order chi connectivity index (χ1) is 11.2. The van der Waals surface area contributed by atoms with E-state index in [0.29, 0.717) is 0 Å². The summed E-state index contributed by atoms with van der Waals surface area (Å²) in [5, 5.41) is 2.94. The molecule has 2 aromatic rings. The molecule has 0 bridgehead atoms. The molecule has 1 aliphatic rings. The van der Waals surface area contributed by atoms with Gasteiger partial charge in [-0.05, 0) is 48.7 Å². The van der Waals surface area contributed by atoms with Crippen LogP contribution in [-0.4, -0.2) is 16.4 Å². The van der Waals surface area contributed by atoms with Crippen LogP contribution in [0, 0.1) is 0 Å². The minimum absolute atomic E-state index is 0. The lowest BCUT2D eigenvalue weighted by Gasteiger charge is -2.22. The van der Waals surface area contributed by atoms with Gasteiger partial charge in [-0.2, -0.15) is 0 Å². The van der Waals surface area contributed by atoms with Gasteiger partial charge in [0.25, 0.3) is 0 Å². The molecule has 1 aliphatic carbocycles. The number of pyridine rings is 1. The van der Waals surface area contributed by atoms with Gasteiger partial charge in [0.15, 0.2) is 0 Å². The largest absolute Gasteiger partial charge is 0.324 e. The highest BCUT2D eigenvalue weighted by Crippen LogP contribution is 2.29. The van der Waals surface area contributed by atoms with Crippen molar-refractivity contribution in [2.45, 2.75) is 41.9 Å². The number of carbonyl (C=O) groups excluding carboxylic acids is 1. The highest BCUT2D eigenvalue weighted by atomic mass is 35.5. The van der Waals surface area contributed by atoms with Crippen LogP contribution in [0.4, 0.5) is 5.69 Å². The molecule has 3 N–H and O–H groups in total. The molecule has 4 nitrogen and oxygen atoms in total. The van der Waals surface area contributed by atoms with Crippen LogP contribution < -0.4 is 11.1 Å². The van der Waals surface area contributed by atoms with Crippen LogP contribution in [0.15, 0.2) is 53.7 Å². The number of nitrogens with one attached hydrogen (secondary N) is 1. The Morgan fingerprint density at radius 2 is 1.84 bits per heavy atom. The zero-order valence-electron chi connectivity index (χ0n) is 13.8. The topological polar surface area (TPSA) is 68.0 Å². The van der Waals surface area contributed by atoms with Crippen molar-refractivity contribution in [1.82, 2.24) is 4.98 Å². The van der Waals surface area contributed by atoms with Crippen LogP contribution in [0.5, 0.6) is 0 Å². The molecule has 0 unspecified atom stereocenters. The first-order valence-corrected chi connectivity index (χ1v) is 8.86. The monoisotopic (exact) mass is 399 g/mol. The summed E-state index contributed by atoms with van der Waals surface area (Å²) in [5.41, 5.74) is 7.48. The van der Waals surface area contributed by atoms with E-state index in [0.717, 1.165) is 42.0 Å². The quantitative estimate of drug-likeness (QED) is 0.729. The number of benzene rings is 1. The Balaban J connectivity index is 0.00000156. The first-order valence-electron chi connectivity index (χ1n) is 7.88. The van der Waals surface area contributed by atoms with Crippen LogP contribution in [-0.2, 0) is 10.5 Å². The maximum atomic E-state index is 12.3. The van der Waals surface area contributed by atoms with Gasteiger partial charge in [-0.15, -0.1) is 36.6 Å². The standard InChI is InChI=1S/C18H21N3OS.2ClH/c19-18(9-1-2-10-18)17(22)21-15-5-7-16(8-6-15)23-13-14-4-3-11-20-12-14;;/h3-8,11-12H,1-2,9-10,13,19H2,(H,21,22);2*1H. The van der Waals surface area contributed by atoms with Crippen LogP contribution >= 0.6 is 36.6 Å². The maximum Gasteiger partial charge on any atom is 0.244 e. The number of nitrogens with zero attached hydrogens (tertiary/aromatic N) is 1. The first kappa shape index (κ1) is 21.8. The van der Waals surface area contributed by atoms with Gasteiger partial charge in [0, 0.05) is 28.7 Å². The molecule has 0 saturated heterocycles. The molecule has 136 valence electrons. The third kappa shape index (κ3) is 5.89. The van der Waals surface area contributed by atoms with Gasteiger partial charge >= 0.3 is 0 Å². The fourth-order valence-electron chi connectivity index (χ4n) is 2.77. The Hall–Kier alpha value is -1.27. The van der Waals surface area contributed by atoms with Gasteiger partial charge in [-0.1, -0.05) is 18.9 Å². The minimum Gasteiger partial charge on any atom is -0.324 e. The molecule has 7 heteroatoms. The number of halogens is 2. The van der Waals surface area contributed by atoms with Crippen molar-refractivity contribution < 1.29 is 4.79 Å². The van der Waals surface area contributed by atoms with E-state index >= 15 is 0 Å². The lowest BCUT2D eigenvalue weighted by molar-refractivity contribution is -0.121. The summed E-state index contributed by atoms with van der Waals surface area (Å²) in [7, 11) is 0. The van der Waals surface area contributed by atoms with Crippen molar-refractivity contribution in [1.29, 1.82) is 0 Å². The van der Waals surface area contributed by atoms with Crippen molar-refractivity contribution in [3.05, 3.63) is 54.4 Å². The molecule has 0 aliphatic heterocycles. The summed E-state index contributed by atoms with van der Waals surface area (Å²) in [4.78, 5) is 17.6. The fourth-order valence-corrected chi connectivity index (χ4v) is 3.61. The van der Waals surface area contributed by atoms with Crippen LogP contribution in [0.3, 0.4) is 0 Å². The van der Waals surface area contributed by atoms with Gasteiger partial charge in [0.1, 0.15) is 0 Å². The molecule has 1 aromatic heterocycles. The molecule has 1 saturated carbocycles. The molecule has 1 heterocycles. The summed E-state index contributed by atoms with van der Waals surface area (Å²) in [6, 6.07) is 11.9. The Bertz CT molecular complexity index is 662. The third-order valence-electron chi connectivity index (χ3n) is 4.19. The predicted molar refractivity (Wildman–Crippen MR) is 109 cm³/mol. The fraction of sp³-hybridized carbons (Fsp3) is 0.333. The van der Waals surface area contributed by atoms with Gasteiger partial charge in [-0.3, -0.25) is 9.78 Å². The van der Waals surface area contributed by atoms with Gasteiger partial charge in [0.05, 0.1) is 5.54 Å². The highest BCUT2D eigenvalue weighted by Gasteiger charge is 2.36. The lowest BCUT2D eigenvalue weighted by Crippen LogP contribution is -2.48. The number of carbonyl (C=O) groups is 1. The maximum absolute atomic E-state index is 12.3. The Kier molecular flexibility index (Phi) is 8.73. The van der Waals surface area contributed by atoms with E-state index in [-0.39, 0.29) is 30.7 Å². The van der Waals surface area contributed by atoms with E-state index in [1.807, 2.05) is 36.5 Å². The molecule has 25 heavy (non-hydrogen) atoms. The zero-order valence-corrected chi connectivity index (χ0v) is 16.3. The zero-order chi connectivity index (χ0) is 16.1. The summed E-state index contributed by atoms with van der Waals surface area (Å²) < 4.78 is 0.